The van der Waals surface area contributed by atoms with E-state index in [0.29, 0.717) is 42.5 Å². The van der Waals surface area contributed by atoms with E-state index >= 15 is 0 Å². The van der Waals surface area contributed by atoms with Gasteiger partial charge in [-0.2, -0.15) is 4.98 Å². The average Bonchev–Trinajstić information content (AvgIpc) is 3.28. The molecule has 0 spiro atoms. The summed E-state index contributed by atoms with van der Waals surface area (Å²) in [5.74, 6) is 0.738. The molecule has 2 aromatic carbocycles. The van der Waals surface area contributed by atoms with Gasteiger partial charge in [-0.1, -0.05) is 41.9 Å². The minimum atomic E-state index is -3.95. The molecule has 0 radical (unpaired) electrons. The maximum Gasteiger partial charge on any atom is 0.265 e. The van der Waals surface area contributed by atoms with Gasteiger partial charge in [0.2, 0.25) is 5.89 Å². The minimum Gasteiger partial charge on any atom is -0.482 e. The van der Waals surface area contributed by atoms with E-state index in [1.807, 2.05) is 25.1 Å². The van der Waals surface area contributed by atoms with Crippen LogP contribution in [0.15, 0.2) is 45.8 Å². The molecule has 0 fully saturated rings. The monoisotopic (exact) mass is 488 g/mol. The number of rotatable bonds is 5. The lowest BCUT2D eigenvalue weighted by atomic mass is 10.0. The zero-order valence-corrected chi connectivity index (χ0v) is 19.4. The molecule has 5 rings (SSSR count). The summed E-state index contributed by atoms with van der Waals surface area (Å²) in [5, 5.41) is 3.90. The molecule has 33 heavy (non-hydrogen) atoms. The Morgan fingerprint density at radius 1 is 1.18 bits per heavy atom. The summed E-state index contributed by atoms with van der Waals surface area (Å²) in [4.78, 5) is 18.2. The van der Waals surface area contributed by atoms with Gasteiger partial charge < -0.3 is 9.26 Å². The molecule has 172 valence electrons. The summed E-state index contributed by atoms with van der Waals surface area (Å²) < 4.78 is 39.3. The van der Waals surface area contributed by atoms with Gasteiger partial charge in [0, 0.05) is 19.0 Å². The van der Waals surface area contributed by atoms with Crippen LogP contribution >= 0.6 is 11.6 Å². The molecule has 0 atom stereocenters. The molecule has 9 nitrogen and oxygen atoms in total. The van der Waals surface area contributed by atoms with E-state index in [9.17, 15) is 13.2 Å². The number of carbonyl (C=O) groups excluding carboxylic acids is 1. The van der Waals surface area contributed by atoms with Crippen molar-refractivity contribution in [3.8, 4) is 5.75 Å². The van der Waals surface area contributed by atoms with Crippen LogP contribution in [0.3, 0.4) is 0 Å². The van der Waals surface area contributed by atoms with Gasteiger partial charge in [0.05, 0.1) is 22.9 Å². The van der Waals surface area contributed by atoms with E-state index in [1.54, 1.807) is 6.07 Å². The fraction of sp³-hybridized carbons (Fsp3) is 0.318. The smallest absolute Gasteiger partial charge is 0.265 e. The molecule has 11 heteroatoms. The number of halogens is 1. The number of hydrogen-bond acceptors (Lipinski definition) is 7. The third-order valence-corrected chi connectivity index (χ3v) is 7.98. The average molecular weight is 489 g/mol. The van der Waals surface area contributed by atoms with Gasteiger partial charge in [-0.05, 0) is 30.5 Å². The number of amides is 1. The Morgan fingerprint density at radius 2 is 2.00 bits per heavy atom. The summed E-state index contributed by atoms with van der Waals surface area (Å²) in [5.41, 5.74) is 1.98. The van der Waals surface area contributed by atoms with Crippen molar-refractivity contribution >= 4 is 38.9 Å². The maximum absolute atomic E-state index is 13.6. The number of ether oxygens (including phenoxy) is 1. The Bertz CT molecular complexity index is 1340. The standard InChI is InChI=1S/C22H21ClN4O5S/c1-2-21-24-20(25-32-21)12-26-17-10-15(23)19(11-18(17)31-13-22(26)28)33(29,30)27-9-5-7-14-6-3-4-8-16(14)27/h3-4,6,8,10-11H,2,5,7,9,12-13H2,1H3. The van der Waals surface area contributed by atoms with Crippen molar-refractivity contribution in [2.75, 3.05) is 22.4 Å². The summed E-state index contributed by atoms with van der Waals surface area (Å²) >= 11 is 6.49. The van der Waals surface area contributed by atoms with Gasteiger partial charge in [-0.3, -0.25) is 14.0 Å². The molecule has 0 saturated heterocycles. The number of para-hydroxylation sites is 1. The van der Waals surface area contributed by atoms with E-state index in [-0.39, 0.29) is 34.7 Å². The Kier molecular flexibility index (Phi) is 5.49. The second-order valence-electron chi connectivity index (χ2n) is 7.79. The van der Waals surface area contributed by atoms with Crippen LogP contribution in [-0.2, 0) is 34.2 Å². The summed E-state index contributed by atoms with van der Waals surface area (Å²) in [7, 11) is -3.95. The Labute approximate surface area is 195 Å². The van der Waals surface area contributed by atoms with Crippen molar-refractivity contribution in [3.05, 3.63) is 58.7 Å². The number of aromatic nitrogens is 2. The largest absolute Gasteiger partial charge is 0.482 e. The number of hydrogen-bond donors (Lipinski definition) is 0. The van der Waals surface area contributed by atoms with Crippen LogP contribution in [0.2, 0.25) is 5.02 Å². The van der Waals surface area contributed by atoms with Gasteiger partial charge in [0.1, 0.15) is 10.6 Å². The molecule has 2 aliphatic rings. The lowest BCUT2D eigenvalue weighted by molar-refractivity contribution is -0.121. The second-order valence-corrected chi connectivity index (χ2v) is 10.0. The number of fused-ring (bicyclic) bond motifs is 2. The highest BCUT2D eigenvalue weighted by atomic mass is 35.5. The molecule has 0 bridgehead atoms. The van der Waals surface area contributed by atoms with Gasteiger partial charge in [-0.25, -0.2) is 8.42 Å². The first-order chi connectivity index (χ1) is 15.9. The third kappa shape index (κ3) is 3.83. The number of carbonyl (C=O) groups is 1. The highest BCUT2D eigenvalue weighted by molar-refractivity contribution is 7.93. The van der Waals surface area contributed by atoms with E-state index in [0.717, 1.165) is 12.0 Å². The zero-order chi connectivity index (χ0) is 23.2. The highest BCUT2D eigenvalue weighted by Crippen LogP contribution is 2.41. The molecule has 0 aliphatic carbocycles. The van der Waals surface area contributed by atoms with Crippen LogP contribution in [-0.4, -0.2) is 37.6 Å². The molecule has 0 unspecified atom stereocenters. The second kappa shape index (κ2) is 8.35. The third-order valence-electron chi connectivity index (χ3n) is 5.70. The van der Waals surface area contributed by atoms with Crippen molar-refractivity contribution in [2.45, 2.75) is 37.6 Å². The summed E-state index contributed by atoms with van der Waals surface area (Å²) in [6.45, 7) is 2.06. The Balaban J connectivity index is 1.52. The first-order valence-electron chi connectivity index (χ1n) is 10.6. The van der Waals surface area contributed by atoms with Crippen molar-refractivity contribution in [2.24, 2.45) is 0 Å². The number of sulfonamides is 1. The lowest BCUT2D eigenvalue weighted by Gasteiger charge is -2.32. The molecule has 0 saturated carbocycles. The number of nitrogens with zero attached hydrogens (tertiary/aromatic N) is 4. The minimum absolute atomic E-state index is 0.00228. The topological polar surface area (TPSA) is 106 Å². The molecule has 3 aromatic rings. The van der Waals surface area contributed by atoms with Crippen LogP contribution in [0, 0.1) is 0 Å². The van der Waals surface area contributed by atoms with E-state index in [2.05, 4.69) is 10.1 Å². The van der Waals surface area contributed by atoms with Crippen LogP contribution in [0.5, 0.6) is 5.75 Å². The molecular formula is C22H21ClN4O5S. The molecule has 3 heterocycles. The van der Waals surface area contributed by atoms with Crippen LogP contribution in [0.1, 0.15) is 30.6 Å². The number of anilines is 2. The van der Waals surface area contributed by atoms with Crippen molar-refractivity contribution in [1.82, 2.24) is 10.1 Å². The molecule has 0 N–H and O–H groups in total. The number of aryl methyl sites for hydroxylation is 2. The van der Waals surface area contributed by atoms with Gasteiger partial charge in [0.25, 0.3) is 15.9 Å². The van der Waals surface area contributed by atoms with Crippen molar-refractivity contribution < 1.29 is 22.5 Å². The van der Waals surface area contributed by atoms with Gasteiger partial charge in [-0.15, -0.1) is 0 Å². The quantitative estimate of drug-likeness (QED) is 0.542. The van der Waals surface area contributed by atoms with Crippen molar-refractivity contribution in [3.63, 3.8) is 0 Å². The van der Waals surface area contributed by atoms with Gasteiger partial charge in [0.15, 0.2) is 12.4 Å². The van der Waals surface area contributed by atoms with Gasteiger partial charge >= 0.3 is 0 Å². The summed E-state index contributed by atoms with van der Waals surface area (Å²) in [6, 6.07) is 10.3. The lowest BCUT2D eigenvalue weighted by Crippen LogP contribution is -2.39. The first-order valence-corrected chi connectivity index (χ1v) is 12.4. The highest BCUT2D eigenvalue weighted by Gasteiger charge is 2.34. The fourth-order valence-corrected chi connectivity index (χ4v) is 6.14. The SMILES string of the molecule is CCc1nc(CN2C(=O)COc3cc(S(=O)(=O)N4CCCc5ccccc54)c(Cl)cc32)no1. The van der Waals surface area contributed by atoms with E-state index < -0.39 is 10.0 Å². The normalized spacial score (nSPS) is 15.8. The molecule has 1 aromatic heterocycles. The number of benzene rings is 2. The first kappa shape index (κ1) is 21.7. The summed E-state index contributed by atoms with van der Waals surface area (Å²) in [6.07, 6.45) is 2.10. The van der Waals surface area contributed by atoms with Crippen LogP contribution in [0.25, 0.3) is 0 Å². The molecule has 1 amide bonds. The van der Waals surface area contributed by atoms with Crippen LogP contribution < -0.4 is 13.9 Å². The van der Waals surface area contributed by atoms with Crippen molar-refractivity contribution in [1.29, 1.82) is 0 Å². The predicted octanol–water partition coefficient (Wildman–Crippen LogP) is 3.35. The molecular weight excluding hydrogens is 468 g/mol. The zero-order valence-electron chi connectivity index (χ0n) is 17.8. The predicted molar refractivity (Wildman–Crippen MR) is 121 cm³/mol. The fourth-order valence-electron chi connectivity index (χ4n) is 4.08. The van der Waals surface area contributed by atoms with Crippen LogP contribution in [0.4, 0.5) is 11.4 Å². The Hall–Kier alpha value is -3.11. The van der Waals surface area contributed by atoms with E-state index in [1.165, 1.54) is 21.3 Å². The van der Waals surface area contributed by atoms with E-state index in [4.69, 9.17) is 20.9 Å². The Morgan fingerprint density at radius 3 is 2.79 bits per heavy atom. The maximum atomic E-state index is 13.6. The molecule has 2 aliphatic heterocycles.